The number of H-pyrrole nitrogens is 1. The first-order valence-electron chi connectivity index (χ1n) is 8.95. The lowest BCUT2D eigenvalue weighted by Crippen LogP contribution is -2.00. The van der Waals surface area contributed by atoms with Gasteiger partial charge in [0.15, 0.2) is 0 Å². The Morgan fingerprint density at radius 1 is 0.741 bits per heavy atom. The summed E-state index contributed by atoms with van der Waals surface area (Å²) in [5, 5.41) is 2.58. The Hall–Kier alpha value is -3.33. The maximum Gasteiger partial charge on any atom is 0.337 e. The molecular weight excluding hydrogens is 334 g/mol. The average Bonchev–Trinajstić information content (AvgIpc) is 3.20. The third-order valence-corrected chi connectivity index (χ3v) is 5.07. The van der Waals surface area contributed by atoms with Crippen LogP contribution < -0.4 is 0 Å². The molecule has 0 saturated heterocycles. The lowest BCUT2D eigenvalue weighted by molar-refractivity contribution is 0.0601. The number of aromatic amines is 1. The number of benzene rings is 3. The van der Waals surface area contributed by atoms with Crippen molar-refractivity contribution in [2.24, 2.45) is 0 Å². The normalized spacial score (nSPS) is 10.9. The van der Waals surface area contributed by atoms with Crippen molar-refractivity contribution in [3.05, 3.63) is 83.4 Å². The van der Waals surface area contributed by atoms with Gasteiger partial charge in [0, 0.05) is 11.4 Å². The first-order valence-corrected chi connectivity index (χ1v) is 8.95. The quantitative estimate of drug-likeness (QED) is 0.465. The lowest BCUT2D eigenvalue weighted by atomic mass is 9.98. The fourth-order valence-corrected chi connectivity index (χ4v) is 3.45. The topological polar surface area (TPSA) is 42.1 Å². The smallest absolute Gasteiger partial charge is 0.337 e. The molecule has 0 fully saturated rings. The summed E-state index contributed by atoms with van der Waals surface area (Å²) in [5.41, 5.74) is 7.40. The minimum Gasteiger partial charge on any atom is -0.465 e. The summed E-state index contributed by atoms with van der Waals surface area (Å²) in [7, 11) is 1.39. The number of nitrogens with one attached hydrogen (secondary N) is 1. The van der Waals surface area contributed by atoms with Crippen molar-refractivity contribution in [3.63, 3.8) is 0 Å². The Morgan fingerprint density at radius 3 is 2.00 bits per heavy atom. The maximum atomic E-state index is 11.6. The van der Waals surface area contributed by atoms with E-state index in [1.54, 1.807) is 12.1 Å². The molecular formula is C24H21NO2. The second kappa shape index (κ2) is 6.76. The molecule has 4 rings (SSSR count). The third-order valence-electron chi connectivity index (χ3n) is 5.07. The average molecular weight is 355 g/mol. The monoisotopic (exact) mass is 355 g/mol. The first kappa shape index (κ1) is 17.1. The summed E-state index contributed by atoms with van der Waals surface area (Å²) in [5.74, 6) is -0.324. The van der Waals surface area contributed by atoms with Crippen molar-refractivity contribution in [2.75, 3.05) is 7.11 Å². The highest BCUT2D eigenvalue weighted by molar-refractivity contribution is 5.92. The van der Waals surface area contributed by atoms with E-state index in [1.807, 2.05) is 12.1 Å². The van der Waals surface area contributed by atoms with E-state index in [9.17, 15) is 4.79 Å². The van der Waals surface area contributed by atoms with Gasteiger partial charge in [-0.15, -0.1) is 0 Å². The zero-order valence-corrected chi connectivity index (χ0v) is 15.7. The molecule has 3 nitrogen and oxygen atoms in total. The number of ether oxygens (including phenoxy) is 1. The van der Waals surface area contributed by atoms with Gasteiger partial charge in [-0.2, -0.15) is 0 Å². The molecule has 27 heavy (non-hydrogen) atoms. The van der Waals surface area contributed by atoms with Crippen LogP contribution >= 0.6 is 0 Å². The molecule has 1 aromatic heterocycles. The summed E-state index contributed by atoms with van der Waals surface area (Å²) in [6, 6.07) is 22.5. The van der Waals surface area contributed by atoms with Gasteiger partial charge in [-0.3, -0.25) is 0 Å². The summed E-state index contributed by atoms with van der Waals surface area (Å²) in [4.78, 5) is 15.1. The largest absolute Gasteiger partial charge is 0.465 e. The predicted octanol–water partition coefficient (Wildman–Crippen LogP) is 5.91. The predicted molar refractivity (Wildman–Crippen MR) is 110 cm³/mol. The van der Waals surface area contributed by atoms with Crippen molar-refractivity contribution in [3.8, 4) is 22.5 Å². The maximum absolute atomic E-state index is 11.6. The van der Waals surface area contributed by atoms with Crippen LogP contribution in [0.1, 0.15) is 21.5 Å². The van der Waals surface area contributed by atoms with Gasteiger partial charge in [-0.25, -0.2) is 4.79 Å². The van der Waals surface area contributed by atoms with Crippen molar-refractivity contribution < 1.29 is 9.53 Å². The fourth-order valence-electron chi connectivity index (χ4n) is 3.45. The molecule has 0 unspecified atom stereocenters. The van der Waals surface area contributed by atoms with Gasteiger partial charge in [0.2, 0.25) is 0 Å². The van der Waals surface area contributed by atoms with Gasteiger partial charge in [-0.05, 0) is 77.2 Å². The Balaban J connectivity index is 1.69. The molecule has 0 spiro atoms. The minimum absolute atomic E-state index is 0.324. The van der Waals surface area contributed by atoms with Crippen molar-refractivity contribution in [1.82, 2.24) is 4.98 Å². The van der Waals surface area contributed by atoms with E-state index in [0.29, 0.717) is 5.56 Å². The first-order chi connectivity index (χ1) is 13.1. The van der Waals surface area contributed by atoms with Crippen LogP contribution in [0.4, 0.5) is 0 Å². The van der Waals surface area contributed by atoms with Gasteiger partial charge < -0.3 is 9.72 Å². The van der Waals surface area contributed by atoms with E-state index in [0.717, 1.165) is 22.5 Å². The molecule has 3 heteroatoms. The van der Waals surface area contributed by atoms with Crippen molar-refractivity contribution in [2.45, 2.75) is 13.8 Å². The van der Waals surface area contributed by atoms with Gasteiger partial charge in [0.1, 0.15) is 0 Å². The highest BCUT2D eigenvalue weighted by atomic mass is 16.5. The molecule has 0 amide bonds. The number of esters is 1. The van der Waals surface area contributed by atoms with Crippen LogP contribution in [0.3, 0.4) is 0 Å². The van der Waals surface area contributed by atoms with Gasteiger partial charge in [0.05, 0.1) is 12.7 Å². The van der Waals surface area contributed by atoms with Crippen LogP contribution in [0.2, 0.25) is 0 Å². The summed E-state index contributed by atoms with van der Waals surface area (Å²) in [6.07, 6.45) is 0. The van der Waals surface area contributed by atoms with Crippen LogP contribution in [0, 0.1) is 13.8 Å². The number of hydrogen-bond acceptors (Lipinski definition) is 2. The van der Waals surface area contributed by atoms with Crippen molar-refractivity contribution >= 4 is 16.7 Å². The van der Waals surface area contributed by atoms with E-state index >= 15 is 0 Å². The number of aryl methyl sites for hydroxylation is 2. The molecule has 3 aromatic carbocycles. The summed E-state index contributed by atoms with van der Waals surface area (Å²) in [6.45, 7) is 4.29. The number of carbonyl (C=O) groups excluding carboxylic acids is 1. The number of fused-ring (bicyclic) bond motifs is 1. The Kier molecular flexibility index (Phi) is 4.28. The van der Waals surface area contributed by atoms with Gasteiger partial charge in [-0.1, -0.05) is 36.4 Å². The molecule has 4 aromatic rings. The molecule has 0 bridgehead atoms. The van der Waals surface area contributed by atoms with Crippen LogP contribution in [0.5, 0.6) is 0 Å². The molecule has 0 atom stereocenters. The molecule has 0 saturated carbocycles. The zero-order chi connectivity index (χ0) is 19.0. The van der Waals surface area contributed by atoms with Gasteiger partial charge >= 0.3 is 5.97 Å². The molecule has 1 heterocycles. The van der Waals surface area contributed by atoms with Crippen LogP contribution in [-0.2, 0) is 4.74 Å². The second-order valence-corrected chi connectivity index (χ2v) is 6.81. The molecule has 134 valence electrons. The van der Waals surface area contributed by atoms with E-state index < -0.39 is 0 Å². The second-order valence-electron chi connectivity index (χ2n) is 6.81. The van der Waals surface area contributed by atoms with Crippen LogP contribution in [0.15, 0.2) is 66.7 Å². The zero-order valence-electron chi connectivity index (χ0n) is 15.7. The standard InChI is InChI=1S/C24H21NO2/c1-15-4-5-16(2)21-14-19(10-11-20(15)21)23-13-12-22(25-23)17-6-8-18(9-7-17)24(26)27-3/h4-14,25H,1-3H3. The fraction of sp³-hybridized carbons (Fsp3) is 0.125. The van der Waals surface area contributed by atoms with Crippen LogP contribution in [0.25, 0.3) is 33.3 Å². The van der Waals surface area contributed by atoms with E-state index in [-0.39, 0.29) is 5.97 Å². The number of carbonyl (C=O) groups is 1. The summed E-state index contributed by atoms with van der Waals surface area (Å²) >= 11 is 0. The van der Waals surface area contributed by atoms with E-state index in [2.05, 4.69) is 61.3 Å². The molecule has 0 radical (unpaired) electrons. The number of methoxy groups -OCH3 is 1. The number of aromatic nitrogens is 1. The van der Waals surface area contributed by atoms with E-state index in [1.165, 1.54) is 29.0 Å². The van der Waals surface area contributed by atoms with Gasteiger partial charge in [0.25, 0.3) is 0 Å². The highest BCUT2D eigenvalue weighted by Crippen LogP contribution is 2.30. The van der Waals surface area contributed by atoms with E-state index in [4.69, 9.17) is 4.74 Å². The lowest BCUT2D eigenvalue weighted by Gasteiger charge is -2.08. The number of rotatable bonds is 3. The minimum atomic E-state index is -0.324. The molecule has 0 aliphatic heterocycles. The Labute approximate surface area is 158 Å². The number of hydrogen-bond donors (Lipinski definition) is 1. The molecule has 0 aliphatic carbocycles. The summed E-state index contributed by atoms with van der Waals surface area (Å²) < 4.78 is 4.75. The molecule has 0 aliphatic rings. The Bertz CT molecular complexity index is 1140. The SMILES string of the molecule is COC(=O)c1ccc(-c2ccc(-c3ccc4c(C)ccc(C)c4c3)[nH]2)cc1. The highest BCUT2D eigenvalue weighted by Gasteiger charge is 2.09. The van der Waals surface area contributed by atoms with Crippen LogP contribution in [-0.4, -0.2) is 18.1 Å². The molecule has 1 N–H and O–H groups in total. The van der Waals surface area contributed by atoms with Crippen molar-refractivity contribution in [1.29, 1.82) is 0 Å². The third kappa shape index (κ3) is 3.13. The Morgan fingerprint density at radius 2 is 1.33 bits per heavy atom.